The van der Waals surface area contributed by atoms with Crippen LogP contribution < -0.4 is 5.32 Å². The quantitative estimate of drug-likeness (QED) is 0.570. The van der Waals surface area contributed by atoms with Crippen molar-refractivity contribution in [2.45, 2.75) is 20.4 Å². The minimum absolute atomic E-state index is 0.0828. The van der Waals surface area contributed by atoms with Crippen LogP contribution >= 0.6 is 23.8 Å². The van der Waals surface area contributed by atoms with E-state index in [1.54, 1.807) is 12.1 Å². The van der Waals surface area contributed by atoms with E-state index in [1.165, 1.54) is 17.3 Å². The van der Waals surface area contributed by atoms with Crippen LogP contribution in [0.2, 0.25) is 5.02 Å². The molecule has 0 spiro atoms. The number of piperazine rings is 1. The van der Waals surface area contributed by atoms with Crippen molar-refractivity contribution < 1.29 is 4.39 Å². The lowest BCUT2D eigenvalue weighted by atomic mass is 10.1. The Morgan fingerprint density at radius 3 is 2.48 bits per heavy atom. The summed E-state index contributed by atoms with van der Waals surface area (Å²) in [5.74, 6) is -0.437. The molecule has 0 bridgehead atoms. The first-order valence-corrected chi connectivity index (χ1v) is 11.0. The Morgan fingerprint density at radius 1 is 1.10 bits per heavy atom. The number of rotatable bonds is 4. The number of hydrogen-bond donors (Lipinski definition) is 1. The zero-order valence-electron chi connectivity index (χ0n) is 17.6. The van der Waals surface area contributed by atoms with Gasteiger partial charge in [0.15, 0.2) is 5.11 Å². The molecule has 3 aromatic rings. The van der Waals surface area contributed by atoms with E-state index < -0.39 is 5.82 Å². The molecule has 1 N–H and O–H groups in total. The van der Waals surface area contributed by atoms with Gasteiger partial charge in [0.1, 0.15) is 5.82 Å². The van der Waals surface area contributed by atoms with Crippen LogP contribution in [0.5, 0.6) is 0 Å². The van der Waals surface area contributed by atoms with Crippen molar-refractivity contribution in [3.8, 4) is 5.69 Å². The highest BCUT2D eigenvalue weighted by molar-refractivity contribution is 7.80. The molecule has 1 aliphatic rings. The first kappa shape index (κ1) is 21.7. The smallest absolute Gasteiger partial charge is 0.173 e. The highest BCUT2D eigenvalue weighted by Gasteiger charge is 2.22. The molecule has 1 saturated heterocycles. The zero-order chi connectivity index (χ0) is 22.0. The standard InChI is InChI=1S/C23H25ClFN5S/c1-16-20(17(2)30(27-16)19-6-4-3-5-7-19)15-28-10-12-29(13-11-28)23(31)26-18-8-9-22(25)21(24)14-18/h3-9,14H,10-13,15H2,1-2H3,(H,26,31). The Labute approximate surface area is 192 Å². The fourth-order valence-corrected chi connectivity index (χ4v) is 4.31. The Hall–Kier alpha value is -2.48. The summed E-state index contributed by atoms with van der Waals surface area (Å²) in [6.07, 6.45) is 0. The first-order valence-electron chi connectivity index (χ1n) is 10.3. The predicted octanol–water partition coefficient (Wildman–Crippen LogP) is 4.80. The van der Waals surface area contributed by atoms with Gasteiger partial charge >= 0.3 is 0 Å². The lowest BCUT2D eigenvalue weighted by Crippen LogP contribution is -2.49. The molecule has 4 rings (SSSR count). The maximum atomic E-state index is 13.4. The Balaban J connectivity index is 1.36. The van der Waals surface area contributed by atoms with E-state index in [-0.39, 0.29) is 5.02 Å². The second kappa shape index (κ2) is 9.34. The second-order valence-corrected chi connectivity index (χ2v) is 8.51. The summed E-state index contributed by atoms with van der Waals surface area (Å²) in [5, 5.41) is 8.63. The fourth-order valence-electron chi connectivity index (χ4n) is 3.83. The van der Waals surface area contributed by atoms with Crippen LogP contribution in [0.1, 0.15) is 17.0 Å². The van der Waals surface area contributed by atoms with Gasteiger partial charge in [-0.2, -0.15) is 5.10 Å². The SMILES string of the molecule is Cc1nn(-c2ccccc2)c(C)c1CN1CCN(C(=S)Nc2ccc(F)c(Cl)c2)CC1. The summed E-state index contributed by atoms with van der Waals surface area (Å²) in [4.78, 5) is 4.57. The van der Waals surface area contributed by atoms with Gasteiger partial charge in [-0.3, -0.25) is 4.90 Å². The molecular weight excluding hydrogens is 433 g/mol. The van der Waals surface area contributed by atoms with Crippen molar-refractivity contribution in [3.05, 3.63) is 76.3 Å². The minimum Gasteiger partial charge on any atom is -0.346 e. The molecule has 5 nitrogen and oxygen atoms in total. The van der Waals surface area contributed by atoms with Gasteiger partial charge in [0.05, 0.1) is 16.4 Å². The van der Waals surface area contributed by atoms with Crippen LogP contribution in [-0.4, -0.2) is 50.9 Å². The number of nitrogens with one attached hydrogen (secondary N) is 1. The molecule has 162 valence electrons. The molecule has 0 unspecified atom stereocenters. The second-order valence-electron chi connectivity index (χ2n) is 7.72. The van der Waals surface area contributed by atoms with Gasteiger partial charge in [-0.05, 0) is 56.4 Å². The molecule has 8 heteroatoms. The van der Waals surface area contributed by atoms with Crippen LogP contribution in [-0.2, 0) is 6.54 Å². The van der Waals surface area contributed by atoms with Crippen molar-refractivity contribution in [3.63, 3.8) is 0 Å². The molecule has 0 saturated carbocycles. The van der Waals surface area contributed by atoms with E-state index in [1.807, 2.05) is 22.9 Å². The van der Waals surface area contributed by atoms with E-state index >= 15 is 0 Å². The molecular formula is C23H25ClFN5S. The van der Waals surface area contributed by atoms with Crippen LogP contribution in [0.4, 0.5) is 10.1 Å². The van der Waals surface area contributed by atoms with Crippen molar-refractivity contribution in [2.24, 2.45) is 0 Å². The van der Waals surface area contributed by atoms with E-state index in [9.17, 15) is 4.39 Å². The van der Waals surface area contributed by atoms with Gasteiger partial charge < -0.3 is 10.2 Å². The molecule has 0 radical (unpaired) electrons. The molecule has 0 amide bonds. The molecule has 1 aliphatic heterocycles. The van der Waals surface area contributed by atoms with E-state index in [4.69, 9.17) is 28.9 Å². The lowest BCUT2D eigenvalue weighted by molar-refractivity contribution is 0.176. The van der Waals surface area contributed by atoms with Crippen LogP contribution in [0.15, 0.2) is 48.5 Å². The highest BCUT2D eigenvalue weighted by atomic mass is 35.5. The third-order valence-electron chi connectivity index (χ3n) is 5.65. The number of aryl methyl sites for hydroxylation is 1. The third kappa shape index (κ3) is 4.89. The molecule has 2 aromatic carbocycles. The van der Waals surface area contributed by atoms with E-state index in [2.05, 4.69) is 41.1 Å². The minimum atomic E-state index is -0.437. The number of para-hydroxylation sites is 1. The van der Waals surface area contributed by atoms with Crippen LogP contribution in [0.3, 0.4) is 0 Å². The molecule has 0 aliphatic carbocycles. The topological polar surface area (TPSA) is 36.3 Å². The summed E-state index contributed by atoms with van der Waals surface area (Å²) in [5.41, 5.74) is 5.29. The molecule has 2 heterocycles. The summed E-state index contributed by atoms with van der Waals surface area (Å²) in [7, 11) is 0. The van der Waals surface area contributed by atoms with E-state index in [0.717, 1.165) is 44.1 Å². The molecule has 31 heavy (non-hydrogen) atoms. The zero-order valence-corrected chi connectivity index (χ0v) is 19.2. The maximum absolute atomic E-state index is 13.4. The van der Waals surface area contributed by atoms with Crippen molar-refractivity contribution in [1.82, 2.24) is 19.6 Å². The lowest BCUT2D eigenvalue weighted by Gasteiger charge is -2.36. The summed E-state index contributed by atoms with van der Waals surface area (Å²) < 4.78 is 15.4. The Morgan fingerprint density at radius 2 is 1.81 bits per heavy atom. The number of thiocarbonyl (C=S) groups is 1. The Bertz CT molecular complexity index is 1080. The molecule has 0 atom stereocenters. The van der Waals surface area contributed by atoms with Crippen LogP contribution in [0.25, 0.3) is 5.69 Å². The summed E-state index contributed by atoms with van der Waals surface area (Å²) >= 11 is 11.4. The van der Waals surface area contributed by atoms with Gasteiger partial charge in [0.2, 0.25) is 0 Å². The largest absolute Gasteiger partial charge is 0.346 e. The summed E-state index contributed by atoms with van der Waals surface area (Å²) in [6.45, 7) is 8.53. The number of hydrogen-bond acceptors (Lipinski definition) is 3. The molecule has 1 aromatic heterocycles. The van der Waals surface area contributed by atoms with Crippen molar-refractivity contribution in [2.75, 3.05) is 31.5 Å². The van der Waals surface area contributed by atoms with Gasteiger partial charge in [-0.15, -0.1) is 0 Å². The van der Waals surface area contributed by atoms with E-state index in [0.29, 0.717) is 10.8 Å². The number of benzene rings is 2. The summed E-state index contributed by atoms with van der Waals surface area (Å²) in [6, 6.07) is 14.7. The van der Waals surface area contributed by atoms with Gasteiger partial charge in [0, 0.05) is 49.7 Å². The van der Waals surface area contributed by atoms with Crippen molar-refractivity contribution >= 4 is 34.6 Å². The fraction of sp³-hybridized carbons (Fsp3) is 0.304. The van der Waals surface area contributed by atoms with Crippen LogP contribution in [0, 0.1) is 19.7 Å². The number of aromatic nitrogens is 2. The highest BCUT2D eigenvalue weighted by Crippen LogP contribution is 2.22. The number of anilines is 1. The molecule has 1 fully saturated rings. The first-order chi connectivity index (χ1) is 14.9. The monoisotopic (exact) mass is 457 g/mol. The normalized spacial score (nSPS) is 14.6. The van der Waals surface area contributed by atoms with Gasteiger partial charge in [-0.1, -0.05) is 29.8 Å². The maximum Gasteiger partial charge on any atom is 0.173 e. The number of halogens is 2. The Kier molecular flexibility index (Phi) is 6.55. The third-order valence-corrected chi connectivity index (χ3v) is 6.30. The average molecular weight is 458 g/mol. The van der Waals surface area contributed by atoms with Crippen molar-refractivity contribution in [1.29, 1.82) is 0 Å². The van der Waals surface area contributed by atoms with Gasteiger partial charge in [-0.25, -0.2) is 9.07 Å². The predicted molar refractivity (Wildman–Crippen MR) is 128 cm³/mol. The number of nitrogens with zero attached hydrogens (tertiary/aromatic N) is 4. The average Bonchev–Trinajstić information content (AvgIpc) is 3.05. The van der Waals surface area contributed by atoms with Gasteiger partial charge in [0.25, 0.3) is 0 Å².